The van der Waals surface area contributed by atoms with Crippen molar-refractivity contribution in [3.8, 4) is 0 Å². The van der Waals surface area contributed by atoms with Gasteiger partial charge in [-0.25, -0.2) is 9.78 Å². The van der Waals surface area contributed by atoms with Crippen molar-refractivity contribution < 1.29 is 9.90 Å². The lowest BCUT2D eigenvalue weighted by atomic mass is 10.1. The predicted octanol–water partition coefficient (Wildman–Crippen LogP) is 2.61. The molecular weight excluding hydrogens is 198 g/mol. The first-order valence-corrected chi connectivity index (χ1v) is 5.00. The van der Waals surface area contributed by atoms with Gasteiger partial charge in [0.2, 0.25) is 0 Å². The number of fused-ring (bicyclic) bond motifs is 1. The Labute approximate surface area is 85.0 Å². The molecule has 2 rings (SSSR count). The first kappa shape index (κ1) is 9.15. The minimum Gasteiger partial charge on any atom is -0.478 e. The average Bonchev–Trinajstić information content (AvgIpc) is 2.45. The van der Waals surface area contributed by atoms with E-state index in [0.717, 1.165) is 20.8 Å². The molecule has 72 valence electrons. The van der Waals surface area contributed by atoms with Gasteiger partial charge in [0.05, 0.1) is 20.8 Å². The van der Waals surface area contributed by atoms with Crippen molar-refractivity contribution in [1.82, 2.24) is 4.98 Å². The lowest BCUT2D eigenvalue weighted by molar-refractivity contribution is 0.0697. The summed E-state index contributed by atoms with van der Waals surface area (Å²) in [4.78, 5) is 15.1. The maximum atomic E-state index is 10.8. The van der Waals surface area contributed by atoms with E-state index in [4.69, 9.17) is 5.11 Å². The third-order valence-electron chi connectivity index (χ3n) is 2.04. The van der Waals surface area contributed by atoms with Crippen LogP contribution >= 0.6 is 11.3 Å². The SMILES string of the molecule is Cc1nc2c(C)cc(C(=O)O)cc2s1. The number of aromatic carboxylic acids is 1. The van der Waals surface area contributed by atoms with Gasteiger partial charge in [-0.2, -0.15) is 0 Å². The largest absolute Gasteiger partial charge is 0.478 e. The number of aryl methyl sites for hydroxylation is 2. The zero-order valence-corrected chi connectivity index (χ0v) is 8.68. The summed E-state index contributed by atoms with van der Waals surface area (Å²) in [5.41, 5.74) is 2.17. The smallest absolute Gasteiger partial charge is 0.335 e. The highest BCUT2D eigenvalue weighted by Gasteiger charge is 2.09. The van der Waals surface area contributed by atoms with Crippen LogP contribution in [0.3, 0.4) is 0 Å². The van der Waals surface area contributed by atoms with Crippen LogP contribution in [0.15, 0.2) is 12.1 Å². The molecule has 0 fully saturated rings. The van der Waals surface area contributed by atoms with Crippen molar-refractivity contribution in [2.75, 3.05) is 0 Å². The van der Waals surface area contributed by atoms with Crippen LogP contribution in [-0.4, -0.2) is 16.1 Å². The van der Waals surface area contributed by atoms with Gasteiger partial charge >= 0.3 is 5.97 Å². The molecule has 4 heteroatoms. The Morgan fingerprint density at radius 1 is 1.43 bits per heavy atom. The number of benzene rings is 1. The van der Waals surface area contributed by atoms with Crippen molar-refractivity contribution in [3.05, 3.63) is 28.3 Å². The van der Waals surface area contributed by atoms with Crippen LogP contribution in [0.4, 0.5) is 0 Å². The summed E-state index contributed by atoms with van der Waals surface area (Å²) in [6, 6.07) is 3.33. The second kappa shape index (κ2) is 3.06. The molecule has 0 atom stereocenters. The molecule has 0 radical (unpaired) electrons. The molecule has 0 saturated heterocycles. The van der Waals surface area contributed by atoms with E-state index in [1.807, 2.05) is 13.8 Å². The fraction of sp³-hybridized carbons (Fsp3) is 0.200. The van der Waals surface area contributed by atoms with Crippen LogP contribution in [-0.2, 0) is 0 Å². The highest BCUT2D eigenvalue weighted by molar-refractivity contribution is 7.18. The van der Waals surface area contributed by atoms with Crippen molar-refractivity contribution >= 4 is 27.5 Å². The van der Waals surface area contributed by atoms with E-state index in [2.05, 4.69) is 4.98 Å². The molecule has 0 aliphatic heterocycles. The van der Waals surface area contributed by atoms with Crippen molar-refractivity contribution in [2.24, 2.45) is 0 Å². The monoisotopic (exact) mass is 207 g/mol. The number of carboxylic acid groups (broad SMARTS) is 1. The number of aromatic nitrogens is 1. The van der Waals surface area contributed by atoms with Crippen LogP contribution in [0.1, 0.15) is 20.9 Å². The highest BCUT2D eigenvalue weighted by atomic mass is 32.1. The molecule has 1 heterocycles. The van der Waals surface area contributed by atoms with E-state index in [-0.39, 0.29) is 0 Å². The van der Waals surface area contributed by atoms with Gasteiger partial charge in [-0.1, -0.05) is 0 Å². The number of carbonyl (C=O) groups is 1. The first-order valence-electron chi connectivity index (χ1n) is 4.19. The summed E-state index contributed by atoms with van der Waals surface area (Å²) < 4.78 is 0.944. The molecule has 1 aromatic heterocycles. The molecule has 0 spiro atoms. The van der Waals surface area contributed by atoms with Crippen molar-refractivity contribution in [3.63, 3.8) is 0 Å². The summed E-state index contributed by atoms with van der Waals surface area (Å²) >= 11 is 1.52. The predicted molar refractivity (Wildman–Crippen MR) is 56.1 cm³/mol. The molecule has 0 bridgehead atoms. The minimum absolute atomic E-state index is 0.332. The van der Waals surface area contributed by atoms with Crippen LogP contribution in [0.25, 0.3) is 10.2 Å². The lowest BCUT2D eigenvalue weighted by Gasteiger charge is -1.97. The van der Waals surface area contributed by atoms with Gasteiger partial charge in [0.25, 0.3) is 0 Å². The second-order valence-electron chi connectivity index (χ2n) is 3.18. The molecule has 1 aromatic carbocycles. The van der Waals surface area contributed by atoms with Gasteiger partial charge in [0.1, 0.15) is 0 Å². The van der Waals surface area contributed by atoms with Crippen molar-refractivity contribution in [2.45, 2.75) is 13.8 Å². The van der Waals surface area contributed by atoms with E-state index in [1.165, 1.54) is 11.3 Å². The zero-order valence-electron chi connectivity index (χ0n) is 7.87. The van der Waals surface area contributed by atoms with Gasteiger partial charge < -0.3 is 5.11 Å². The molecule has 0 aliphatic rings. The Morgan fingerprint density at radius 2 is 2.14 bits per heavy atom. The van der Waals surface area contributed by atoms with E-state index in [0.29, 0.717) is 5.56 Å². The Hall–Kier alpha value is -1.42. The van der Waals surface area contributed by atoms with Crippen LogP contribution in [0, 0.1) is 13.8 Å². The summed E-state index contributed by atoms with van der Waals surface area (Å²) in [5.74, 6) is -0.888. The standard InChI is InChI=1S/C10H9NO2S/c1-5-3-7(10(12)13)4-8-9(5)11-6(2)14-8/h3-4H,1-2H3,(H,12,13). The molecule has 2 aromatic rings. The average molecular weight is 207 g/mol. The Morgan fingerprint density at radius 3 is 2.79 bits per heavy atom. The normalized spacial score (nSPS) is 10.7. The quantitative estimate of drug-likeness (QED) is 0.782. The molecular formula is C10H9NO2S. The number of thiazole rings is 1. The lowest BCUT2D eigenvalue weighted by Crippen LogP contribution is -1.96. The van der Waals surface area contributed by atoms with Gasteiger partial charge in [0, 0.05) is 0 Å². The van der Waals surface area contributed by atoms with Gasteiger partial charge in [-0.3, -0.25) is 0 Å². The molecule has 0 saturated carbocycles. The van der Waals surface area contributed by atoms with E-state index in [9.17, 15) is 4.79 Å². The Kier molecular flexibility index (Phi) is 2.00. The van der Waals surface area contributed by atoms with Crippen LogP contribution < -0.4 is 0 Å². The topological polar surface area (TPSA) is 50.2 Å². The highest BCUT2D eigenvalue weighted by Crippen LogP contribution is 2.25. The molecule has 3 nitrogen and oxygen atoms in total. The number of hydrogen-bond acceptors (Lipinski definition) is 3. The fourth-order valence-corrected chi connectivity index (χ4v) is 2.38. The summed E-state index contributed by atoms with van der Waals surface area (Å²) in [5, 5.41) is 9.82. The molecule has 14 heavy (non-hydrogen) atoms. The van der Waals surface area contributed by atoms with Gasteiger partial charge in [0.15, 0.2) is 0 Å². The third-order valence-corrected chi connectivity index (χ3v) is 2.96. The maximum Gasteiger partial charge on any atom is 0.335 e. The van der Waals surface area contributed by atoms with Gasteiger partial charge in [-0.15, -0.1) is 11.3 Å². The molecule has 0 amide bonds. The number of hydrogen-bond donors (Lipinski definition) is 1. The Bertz CT molecular complexity index is 516. The number of nitrogens with zero attached hydrogens (tertiary/aromatic N) is 1. The second-order valence-corrected chi connectivity index (χ2v) is 4.41. The molecule has 1 N–H and O–H groups in total. The summed E-state index contributed by atoms with van der Waals surface area (Å²) in [6.45, 7) is 3.80. The fourth-order valence-electron chi connectivity index (χ4n) is 1.43. The van der Waals surface area contributed by atoms with E-state index < -0.39 is 5.97 Å². The maximum absolute atomic E-state index is 10.8. The minimum atomic E-state index is -0.888. The van der Waals surface area contributed by atoms with Gasteiger partial charge in [-0.05, 0) is 31.5 Å². The van der Waals surface area contributed by atoms with Crippen molar-refractivity contribution in [1.29, 1.82) is 0 Å². The van der Waals surface area contributed by atoms with E-state index in [1.54, 1.807) is 12.1 Å². The first-order chi connectivity index (χ1) is 6.58. The third kappa shape index (κ3) is 1.37. The molecule has 0 aliphatic carbocycles. The van der Waals surface area contributed by atoms with Crippen LogP contribution in [0.2, 0.25) is 0 Å². The van der Waals surface area contributed by atoms with E-state index >= 15 is 0 Å². The number of carboxylic acids is 1. The zero-order chi connectivity index (χ0) is 10.3. The van der Waals surface area contributed by atoms with Crippen LogP contribution in [0.5, 0.6) is 0 Å². The Balaban J connectivity index is 2.77. The summed E-state index contributed by atoms with van der Waals surface area (Å²) in [7, 11) is 0. The summed E-state index contributed by atoms with van der Waals surface area (Å²) in [6.07, 6.45) is 0. The molecule has 0 unspecified atom stereocenters. The number of rotatable bonds is 1.